The van der Waals surface area contributed by atoms with E-state index in [1.165, 1.54) is 83.5 Å². The molecular formula is C67H117N2O7P. The summed E-state index contributed by atoms with van der Waals surface area (Å²) >= 11 is 0. The Bertz CT molecular complexity index is 1690. The standard InChI is InChI=1S/C67H117N2O7P/c1-7-10-13-16-19-22-25-28-30-32-33-34-35-37-39-42-45-48-51-54-57-60-67(71)76-65(58-55-52-49-46-43-40-27-24-21-18-15-12-9-3)64(63-75-77(72,73)74-62-61-69(4,5)6)68-66(70)59-56-53-50-47-44-41-38-36-31-29-26-23-20-17-14-11-8-2/h10,13,19-20,22-23,28-31,33-34,37-39,41,55,58,64-65H,7-9,11-12,14-18,21,24-27,32,35-36,40,42-54,56-57,59-63H2,1-6H3,(H-,68,70,72,73)/b13-10-,22-19-,23-20-,30-28-,31-29-,34-33-,39-37-,41-38-,58-55+. The number of carbonyl (C=O) groups excluding carboxylic acids is 2. The molecule has 0 aromatic heterocycles. The Morgan fingerprint density at radius 1 is 0.468 bits per heavy atom. The average Bonchev–Trinajstić information content (AvgIpc) is 3.39. The first-order chi connectivity index (χ1) is 37.4. The summed E-state index contributed by atoms with van der Waals surface area (Å²) in [6.07, 6.45) is 76.2. The first kappa shape index (κ1) is 73.7. The fourth-order valence-corrected chi connectivity index (χ4v) is 9.10. The fraction of sp³-hybridized carbons (Fsp3) is 0.701. The lowest BCUT2D eigenvalue weighted by Gasteiger charge is -2.30. The van der Waals surface area contributed by atoms with E-state index < -0.39 is 26.6 Å². The Morgan fingerprint density at radius 2 is 0.831 bits per heavy atom. The number of esters is 1. The van der Waals surface area contributed by atoms with E-state index in [9.17, 15) is 19.0 Å². The molecule has 0 aromatic carbocycles. The van der Waals surface area contributed by atoms with Gasteiger partial charge in [0.1, 0.15) is 19.3 Å². The number of rotatable bonds is 55. The van der Waals surface area contributed by atoms with E-state index >= 15 is 0 Å². The maximum atomic E-state index is 13.5. The molecule has 0 bridgehead atoms. The molecule has 3 atom stereocenters. The highest BCUT2D eigenvalue weighted by atomic mass is 31.2. The van der Waals surface area contributed by atoms with E-state index in [0.29, 0.717) is 23.9 Å². The van der Waals surface area contributed by atoms with Crippen molar-refractivity contribution in [2.75, 3.05) is 40.9 Å². The zero-order valence-electron chi connectivity index (χ0n) is 50.4. The number of hydrogen-bond acceptors (Lipinski definition) is 7. The van der Waals surface area contributed by atoms with Crippen LogP contribution in [0.5, 0.6) is 0 Å². The third kappa shape index (κ3) is 57.2. The van der Waals surface area contributed by atoms with Crippen LogP contribution in [-0.2, 0) is 27.9 Å². The number of phosphoric ester groups is 1. The number of likely N-dealkylation sites (N-methyl/N-ethyl adjacent to an activating group) is 1. The van der Waals surface area contributed by atoms with Crippen molar-refractivity contribution in [1.82, 2.24) is 5.32 Å². The summed E-state index contributed by atoms with van der Waals surface area (Å²) in [5, 5.41) is 3.01. The van der Waals surface area contributed by atoms with E-state index in [-0.39, 0.29) is 31.3 Å². The van der Waals surface area contributed by atoms with Gasteiger partial charge in [-0.25, -0.2) is 0 Å². The van der Waals surface area contributed by atoms with Crippen molar-refractivity contribution in [3.8, 4) is 0 Å². The van der Waals surface area contributed by atoms with Crippen LogP contribution < -0.4 is 10.2 Å². The van der Waals surface area contributed by atoms with E-state index in [0.717, 1.165) is 122 Å². The molecule has 442 valence electrons. The number of nitrogens with one attached hydrogen (secondary N) is 1. The molecule has 0 aromatic rings. The van der Waals surface area contributed by atoms with Crippen molar-refractivity contribution < 1.29 is 37.3 Å². The number of ether oxygens (including phenoxy) is 1. The normalized spacial score (nSPS) is 14.4. The molecule has 0 aliphatic heterocycles. The topological polar surface area (TPSA) is 114 Å². The van der Waals surface area contributed by atoms with E-state index in [2.05, 4.69) is 123 Å². The van der Waals surface area contributed by atoms with Crippen LogP contribution in [0.4, 0.5) is 0 Å². The molecule has 0 heterocycles. The van der Waals surface area contributed by atoms with Crippen molar-refractivity contribution in [2.45, 2.75) is 264 Å². The number of quaternary nitrogens is 1. The number of nitrogens with zero attached hydrogens (tertiary/aromatic N) is 1. The van der Waals surface area contributed by atoms with Crippen LogP contribution in [0.2, 0.25) is 0 Å². The van der Waals surface area contributed by atoms with Crippen LogP contribution >= 0.6 is 7.82 Å². The molecule has 10 heteroatoms. The van der Waals surface area contributed by atoms with Crippen molar-refractivity contribution in [2.24, 2.45) is 0 Å². The Hall–Kier alpha value is -3.33. The van der Waals surface area contributed by atoms with Crippen LogP contribution in [-0.4, -0.2) is 69.4 Å². The van der Waals surface area contributed by atoms with Crippen molar-refractivity contribution >= 4 is 19.7 Å². The highest BCUT2D eigenvalue weighted by molar-refractivity contribution is 7.45. The van der Waals surface area contributed by atoms with Gasteiger partial charge < -0.3 is 28.5 Å². The lowest BCUT2D eigenvalue weighted by atomic mass is 10.0. The summed E-state index contributed by atoms with van der Waals surface area (Å²) in [5.74, 6) is -0.593. The van der Waals surface area contributed by atoms with Gasteiger partial charge in [0.15, 0.2) is 0 Å². The predicted octanol–water partition coefficient (Wildman–Crippen LogP) is 18.7. The number of carbonyl (C=O) groups is 2. The predicted molar refractivity (Wildman–Crippen MR) is 330 cm³/mol. The SMILES string of the molecule is CC/C=C\C/C=C\C/C=C\C/C=C\C/C=C\CCCCCCCC(=O)OC(/C=C/CCCCCCCCCCCCC)C(COP(=O)([O-])OCC[N+](C)(C)C)NC(=O)CCCCCC/C=C\C/C=C\C/C=C\CCCCC. The highest BCUT2D eigenvalue weighted by Crippen LogP contribution is 2.38. The average molecular weight is 1090 g/mol. The molecule has 0 spiro atoms. The van der Waals surface area contributed by atoms with Gasteiger partial charge in [0.05, 0.1) is 33.8 Å². The first-order valence-corrected chi connectivity index (χ1v) is 32.7. The van der Waals surface area contributed by atoms with Gasteiger partial charge in [0.25, 0.3) is 7.82 Å². The maximum Gasteiger partial charge on any atom is 0.306 e. The van der Waals surface area contributed by atoms with E-state index in [1.807, 2.05) is 33.3 Å². The quantitative estimate of drug-likeness (QED) is 0.0212. The second-order valence-corrected chi connectivity index (χ2v) is 23.2. The second kappa shape index (κ2) is 56.0. The minimum absolute atomic E-state index is 0.0358. The van der Waals surface area contributed by atoms with Gasteiger partial charge in [-0.2, -0.15) is 0 Å². The molecule has 0 saturated heterocycles. The van der Waals surface area contributed by atoms with Gasteiger partial charge in [0, 0.05) is 12.8 Å². The summed E-state index contributed by atoms with van der Waals surface area (Å²) in [5.41, 5.74) is 0. The third-order valence-corrected chi connectivity index (χ3v) is 14.2. The maximum absolute atomic E-state index is 13.5. The van der Waals surface area contributed by atoms with Crippen LogP contribution in [0.1, 0.15) is 252 Å². The molecule has 1 N–H and O–H groups in total. The summed E-state index contributed by atoms with van der Waals surface area (Å²) in [7, 11) is 1.14. The van der Waals surface area contributed by atoms with Gasteiger partial charge >= 0.3 is 5.97 Å². The van der Waals surface area contributed by atoms with Crippen LogP contribution in [0.15, 0.2) is 109 Å². The lowest BCUT2D eigenvalue weighted by molar-refractivity contribution is -0.870. The minimum atomic E-state index is -4.72. The number of phosphoric acid groups is 1. The zero-order valence-corrected chi connectivity index (χ0v) is 51.3. The molecular weight excluding hydrogens is 976 g/mol. The Morgan fingerprint density at radius 3 is 1.27 bits per heavy atom. The molecule has 77 heavy (non-hydrogen) atoms. The van der Waals surface area contributed by atoms with Gasteiger partial charge in [-0.15, -0.1) is 0 Å². The molecule has 0 saturated carbocycles. The molecule has 9 nitrogen and oxygen atoms in total. The third-order valence-electron chi connectivity index (χ3n) is 13.2. The minimum Gasteiger partial charge on any atom is -0.756 e. The number of unbranched alkanes of at least 4 members (excludes halogenated alkanes) is 23. The monoisotopic (exact) mass is 1090 g/mol. The molecule has 0 radical (unpaired) electrons. The molecule has 0 rings (SSSR count). The largest absolute Gasteiger partial charge is 0.756 e. The first-order valence-electron chi connectivity index (χ1n) is 31.2. The highest BCUT2D eigenvalue weighted by Gasteiger charge is 2.27. The van der Waals surface area contributed by atoms with Gasteiger partial charge in [-0.1, -0.05) is 233 Å². The van der Waals surface area contributed by atoms with Crippen LogP contribution in [0.3, 0.4) is 0 Å². The summed E-state index contributed by atoms with van der Waals surface area (Å²) in [4.78, 5) is 40.0. The van der Waals surface area contributed by atoms with Crippen LogP contribution in [0.25, 0.3) is 0 Å². The smallest absolute Gasteiger partial charge is 0.306 e. The fourth-order valence-electron chi connectivity index (χ4n) is 8.38. The molecule has 1 amide bonds. The number of hydrogen-bond donors (Lipinski definition) is 1. The Labute approximate surface area is 474 Å². The van der Waals surface area contributed by atoms with E-state index in [4.69, 9.17) is 13.8 Å². The number of allylic oxidation sites excluding steroid dienone is 17. The van der Waals surface area contributed by atoms with Crippen molar-refractivity contribution in [3.05, 3.63) is 109 Å². The van der Waals surface area contributed by atoms with Crippen LogP contribution in [0, 0.1) is 0 Å². The van der Waals surface area contributed by atoms with Gasteiger partial charge in [0.2, 0.25) is 5.91 Å². The van der Waals surface area contributed by atoms with Gasteiger partial charge in [-0.3, -0.25) is 14.2 Å². The summed E-state index contributed by atoms with van der Waals surface area (Å²) < 4.78 is 30.3. The van der Waals surface area contributed by atoms with Gasteiger partial charge in [-0.05, 0) is 115 Å². The molecule has 0 aliphatic carbocycles. The molecule has 0 fully saturated rings. The second-order valence-electron chi connectivity index (χ2n) is 21.8. The lowest BCUT2D eigenvalue weighted by Crippen LogP contribution is -2.47. The van der Waals surface area contributed by atoms with Crippen molar-refractivity contribution in [3.63, 3.8) is 0 Å². The molecule has 0 aliphatic rings. The van der Waals surface area contributed by atoms with E-state index in [1.54, 1.807) is 0 Å². The number of amides is 1. The summed E-state index contributed by atoms with van der Waals surface area (Å²) in [6.45, 7) is 6.66. The Kier molecular flexibility index (Phi) is 53.5. The Balaban J connectivity index is 5.37. The zero-order chi connectivity index (χ0) is 56.4. The van der Waals surface area contributed by atoms with Crippen molar-refractivity contribution in [1.29, 1.82) is 0 Å². The summed E-state index contributed by atoms with van der Waals surface area (Å²) in [6, 6.07) is -0.916. The molecule has 3 unspecified atom stereocenters.